The fourth-order valence-electron chi connectivity index (χ4n) is 8.62. The van der Waals surface area contributed by atoms with E-state index in [0.717, 1.165) is 12.8 Å². The number of aliphatic hydroxyl groups is 1. The van der Waals surface area contributed by atoms with Crippen molar-refractivity contribution < 1.29 is 52.6 Å². The zero-order chi connectivity index (χ0) is 30.6. The summed E-state index contributed by atoms with van der Waals surface area (Å²) in [6.45, 7) is 13.2. The lowest BCUT2D eigenvalue weighted by Crippen LogP contribution is -2.74. The number of esters is 3. The van der Waals surface area contributed by atoms with E-state index >= 15 is 0 Å². The molecule has 3 aliphatic heterocycles. The molecule has 2 saturated carbocycles. The van der Waals surface area contributed by atoms with Crippen LogP contribution in [0, 0.1) is 34.5 Å². The number of hydrogen-bond acceptors (Lipinski definition) is 11. The Balaban J connectivity index is 1.57. The average Bonchev–Trinajstić information content (AvgIpc) is 3.48. The highest BCUT2D eigenvalue weighted by atomic mass is 16.8. The van der Waals surface area contributed by atoms with Crippen molar-refractivity contribution in [1.82, 2.24) is 0 Å². The zero-order valence-electron chi connectivity index (χ0n) is 26.0. The molecule has 3 saturated heterocycles. The van der Waals surface area contributed by atoms with Gasteiger partial charge in [0.2, 0.25) is 0 Å². The first-order valence-electron chi connectivity index (χ1n) is 15.6. The molecule has 0 aromatic heterocycles. The van der Waals surface area contributed by atoms with Gasteiger partial charge in [-0.1, -0.05) is 27.7 Å². The van der Waals surface area contributed by atoms with Crippen molar-refractivity contribution in [2.75, 3.05) is 19.8 Å². The van der Waals surface area contributed by atoms with Crippen LogP contribution in [-0.4, -0.2) is 85.4 Å². The first-order chi connectivity index (χ1) is 19.8. The predicted molar refractivity (Wildman–Crippen MR) is 147 cm³/mol. The van der Waals surface area contributed by atoms with Crippen LogP contribution in [0.1, 0.15) is 80.6 Å². The third-order valence-electron chi connectivity index (χ3n) is 11.2. The topological polar surface area (TPSA) is 139 Å². The predicted octanol–water partition coefficient (Wildman–Crippen LogP) is 3.14. The van der Waals surface area contributed by atoms with Crippen LogP contribution >= 0.6 is 0 Å². The molecular weight excluding hydrogens is 548 g/mol. The summed E-state index contributed by atoms with van der Waals surface area (Å²) >= 11 is 0. The number of carbonyl (C=O) groups excluding carboxylic acids is 3. The van der Waals surface area contributed by atoms with Crippen LogP contribution < -0.4 is 0 Å². The van der Waals surface area contributed by atoms with Crippen molar-refractivity contribution in [3.05, 3.63) is 0 Å². The van der Waals surface area contributed by atoms with Gasteiger partial charge < -0.3 is 38.3 Å². The number of aliphatic hydroxyl groups excluding tert-OH is 1. The summed E-state index contributed by atoms with van der Waals surface area (Å²) in [6, 6.07) is 0. The van der Waals surface area contributed by atoms with Crippen LogP contribution in [0.25, 0.3) is 0 Å². The van der Waals surface area contributed by atoms with Gasteiger partial charge in [-0.2, -0.15) is 0 Å². The lowest BCUT2D eigenvalue weighted by atomic mass is 9.41. The SMILES string of the molecule is CCO[C@@H]1C[C@@H]2C[C@@H]([C@@]3(C)[C@H](C)C[C@H](OC(C)=O)[C@]4(COC(C)=O)[C@@H]3C[C@@H](O)[C@H](OC(=O)[C@H](C)CC)[C@]43CO3)O[C@@H]2O1. The maximum absolute atomic E-state index is 13.1. The lowest BCUT2D eigenvalue weighted by Gasteiger charge is -2.65. The second kappa shape index (κ2) is 11.6. The molecule has 1 spiro atoms. The molecule has 5 aliphatic rings. The van der Waals surface area contributed by atoms with Crippen LogP contribution in [0.5, 0.6) is 0 Å². The van der Waals surface area contributed by atoms with Gasteiger partial charge in [-0.15, -0.1) is 0 Å². The molecule has 0 unspecified atom stereocenters. The highest BCUT2D eigenvalue weighted by Crippen LogP contribution is 2.70. The van der Waals surface area contributed by atoms with E-state index in [0.29, 0.717) is 19.4 Å². The van der Waals surface area contributed by atoms with E-state index in [4.69, 9.17) is 33.2 Å². The molecule has 0 amide bonds. The summed E-state index contributed by atoms with van der Waals surface area (Å²) in [5.74, 6) is -1.97. The summed E-state index contributed by atoms with van der Waals surface area (Å²) in [5.41, 5.74) is -2.86. The summed E-state index contributed by atoms with van der Waals surface area (Å²) in [6.07, 6.45) is -0.956. The molecule has 238 valence electrons. The van der Waals surface area contributed by atoms with Gasteiger partial charge in [0.05, 0.1) is 30.1 Å². The Bertz CT molecular complexity index is 1030. The molecule has 0 aromatic rings. The summed E-state index contributed by atoms with van der Waals surface area (Å²) in [5, 5.41) is 11.7. The normalized spacial score (nSPS) is 46.4. The van der Waals surface area contributed by atoms with Gasteiger partial charge in [-0.3, -0.25) is 14.4 Å². The maximum atomic E-state index is 13.1. The third kappa shape index (κ3) is 4.97. The first kappa shape index (κ1) is 31.6. The van der Waals surface area contributed by atoms with Crippen molar-refractivity contribution in [3.63, 3.8) is 0 Å². The van der Waals surface area contributed by atoms with E-state index in [1.165, 1.54) is 13.8 Å². The highest BCUT2D eigenvalue weighted by molar-refractivity contribution is 5.72. The summed E-state index contributed by atoms with van der Waals surface area (Å²) < 4.78 is 42.6. The Hall–Kier alpha value is -1.79. The second-order valence-corrected chi connectivity index (χ2v) is 13.4. The molecule has 11 nitrogen and oxygen atoms in total. The molecule has 0 radical (unpaired) electrons. The van der Waals surface area contributed by atoms with Crippen molar-refractivity contribution in [1.29, 1.82) is 0 Å². The summed E-state index contributed by atoms with van der Waals surface area (Å²) in [4.78, 5) is 37.9. The van der Waals surface area contributed by atoms with Gasteiger partial charge in [0.1, 0.15) is 18.3 Å². The molecule has 11 heteroatoms. The van der Waals surface area contributed by atoms with E-state index in [1.807, 2.05) is 13.8 Å². The number of epoxide rings is 1. The minimum absolute atomic E-state index is 0.00830. The fraction of sp³-hybridized carbons (Fsp3) is 0.903. The molecule has 5 fully saturated rings. The van der Waals surface area contributed by atoms with Gasteiger partial charge >= 0.3 is 17.9 Å². The Labute approximate surface area is 248 Å². The molecule has 3 heterocycles. The largest absolute Gasteiger partial charge is 0.465 e. The second-order valence-electron chi connectivity index (χ2n) is 13.4. The van der Waals surface area contributed by atoms with Crippen LogP contribution in [-0.2, 0) is 47.5 Å². The minimum atomic E-state index is -1.21. The number of carbonyl (C=O) groups is 3. The van der Waals surface area contributed by atoms with Crippen LogP contribution in [0.4, 0.5) is 0 Å². The summed E-state index contributed by atoms with van der Waals surface area (Å²) in [7, 11) is 0. The van der Waals surface area contributed by atoms with E-state index in [1.54, 1.807) is 6.92 Å². The van der Waals surface area contributed by atoms with Crippen LogP contribution in [0.3, 0.4) is 0 Å². The maximum Gasteiger partial charge on any atom is 0.309 e. The number of hydrogen-bond donors (Lipinski definition) is 1. The van der Waals surface area contributed by atoms with Gasteiger partial charge in [0.25, 0.3) is 0 Å². The van der Waals surface area contributed by atoms with E-state index in [2.05, 4.69) is 13.8 Å². The van der Waals surface area contributed by atoms with E-state index in [9.17, 15) is 19.5 Å². The minimum Gasteiger partial charge on any atom is -0.465 e. The average molecular weight is 597 g/mol. The Morgan fingerprint density at radius 1 is 1.02 bits per heavy atom. The monoisotopic (exact) mass is 596 g/mol. The Kier molecular flexibility index (Phi) is 8.75. The first-order valence-corrected chi connectivity index (χ1v) is 15.6. The van der Waals surface area contributed by atoms with Gasteiger partial charge in [-0.05, 0) is 44.4 Å². The van der Waals surface area contributed by atoms with Crippen molar-refractivity contribution >= 4 is 17.9 Å². The molecule has 1 N–H and O–H groups in total. The smallest absolute Gasteiger partial charge is 0.309 e. The fourth-order valence-corrected chi connectivity index (χ4v) is 8.62. The van der Waals surface area contributed by atoms with Crippen molar-refractivity contribution in [3.8, 4) is 0 Å². The Morgan fingerprint density at radius 3 is 2.31 bits per heavy atom. The van der Waals surface area contributed by atoms with Crippen LogP contribution in [0.15, 0.2) is 0 Å². The molecule has 0 bridgehead atoms. The van der Waals surface area contributed by atoms with Gasteiger partial charge in [0.15, 0.2) is 18.7 Å². The van der Waals surface area contributed by atoms with E-state index < -0.39 is 58.9 Å². The molecule has 42 heavy (non-hydrogen) atoms. The molecular formula is C31H48O11. The number of rotatable bonds is 9. The van der Waals surface area contributed by atoms with E-state index in [-0.39, 0.29) is 55.7 Å². The van der Waals surface area contributed by atoms with Crippen molar-refractivity contribution in [2.45, 2.75) is 123 Å². The van der Waals surface area contributed by atoms with Gasteiger partial charge in [-0.25, -0.2) is 0 Å². The molecule has 5 rings (SSSR count). The van der Waals surface area contributed by atoms with Crippen molar-refractivity contribution in [2.24, 2.45) is 34.5 Å². The lowest BCUT2D eigenvalue weighted by molar-refractivity contribution is -0.290. The number of fused-ring (bicyclic) bond motifs is 3. The quantitative estimate of drug-likeness (QED) is 0.239. The third-order valence-corrected chi connectivity index (χ3v) is 11.2. The molecule has 13 atom stereocenters. The molecule has 2 aliphatic carbocycles. The number of ether oxygens (including phenoxy) is 7. The molecule has 0 aromatic carbocycles. The zero-order valence-corrected chi connectivity index (χ0v) is 26.0. The highest BCUT2D eigenvalue weighted by Gasteiger charge is 2.81. The standard InChI is InChI=1S/C31H48O11/c1-8-16(3)27(35)42-26-21(34)13-22-29(7,23-11-20-12-25(36-9-2)41-28(20)40-23)17(4)10-24(39-19(6)33)30(22,14-37-18(5)32)31(26)15-38-31/h16-17,20-26,28,34H,8-15H2,1-7H3/t16-,17-,20+,21-,22-,23+,24+,25+,26+,28-,29+,30+,31-/m1/s1. The van der Waals surface area contributed by atoms with Crippen LogP contribution in [0.2, 0.25) is 0 Å². The van der Waals surface area contributed by atoms with Gasteiger partial charge in [0, 0.05) is 38.2 Å². The Morgan fingerprint density at radius 2 is 1.74 bits per heavy atom.